The molecule has 2 aromatic rings. The fourth-order valence-corrected chi connectivity index (χ4v) is 13.8. The van der Waals surface area contributed by atoms with Crippen molar-refractivity contribution in [3.05, 3.63) is 60.7 Å². The van der Waals surface area contributed by atoms with Gasteiger partial charge in [-0.3, -0.25) is 4.79 Å². The molecular weight excluding hydrogens is 496 g/mol. The molecule has 0 radical (unpaired) electrons. The Kier molecular flexibility index (Phi) is 6.40. The maximum Gasteiger partial charge on any atom is 0.261 e. The molecular formula is C34H44N2O2Si. The number of amides is 1. The van der Waals surface area contributed by atoms with Crippen LogP contribution in [0.4, 0.5) is 0 Å². The molecule has 0 spiro atoms. The Balaban J connectivity index is 1.30. The van der Waals surface area contributed by atoms with Crippen LogP contribution in [0.3, 0.4) is 0 Å². The van der Waals surface area contributed by atoms with E-state index in [0.717, 1.165) is 25.8 Å². The molecule has 5 fully saturated rings. The van der Waals surface area contributed by atoms with Crippen molar-refractivity contribution in [2.45, 2.75) is 77.8 Å². The Bertz CT molecular complexity index is 1210. The molecule has 39 heavy (non-hydrogen) atoms. The summed E-state index contributed by atoms with van der Waals surface area (Å²) >= 11 is 0. The molecule has 4 saturated carbocycles. The van der Waals surface area contributed by atoms with Crippen LogP contribution < -0.4 is 10.4 Å². The molecule has 4 nitrogen and oxygen atoms in total. The first-order valence-electron chi connectivity index (χ1n) is 15.0. The summed E-state index contributed by atoms with van der Waals surface area (Å²) in [6, 6.07) is 24.6. The summed E-state index contributed by atoms with van der Waals surface area (Å²) < 4.78 is 7.34. The molecule has 0 aromatic heterocycles. The molecule has 1 saturated heterocycles. The van der Waals surface area contributed by atoms with Gasteiger partial charge in [0.15, 0.2) is 0 Å². The number of rotatable bonds is 6. The second kappa shape index (κ2) is 9.31. The maximum atomic E-state index is 14.1. The van der Waals surface area contributed by atoms with Crippen LogP contribution in [0.5, 0.6) is 0 Å². The Hall–Kier alpha value is -2.42. The van der Waals surface area contributed by atoms with Crippen LogP contribution in [-0.2, 0) is 9.22 Å². The van der Waals surface area contributed by atoms with Gasteiger partial charge < -0.3 is 9.33 Å². The normalized spacial score (nSPS) is 33.4. The van der Waals surface area contributed by atoms with Crippen molar-refractivity contribution in [3.63, 3.8) is 0 Å². The molecule has 3 atom stereocenters. The van der Waals surface area contributed by atoms with Crippen LogP contribution in [0.25, 0.3) is 0 Å². The predicted octanol–water partition coefficient (Wildman–Crippen LogP) is 5.77. The quantitative estimate of drug-likeness (QED) is 0.438. The first kappa shape index (κ1) is 26.8. The van der Waals surface area contributed by atoms with Gasteiger partial charge in [-0.25, -0.2) is 0 Å². The zero-order valence-electron chi connectivity index (χ0n) is 24.3. The van der Waals surface area contributed by atoms with E-state index in [4.69, 9.17) is 4.43 Å². The fraction of sp³-hybridized carbons (Fsp3) is 0.588. The Morgan fingerprint density at radius 1 is 0.949 bits per heavy atom. The van der Waals surface area contributed by atoms with Gasteiger partial charge in [-0.15, -0.1) is 0 Å². The van der Waals surface area contributed by atoms with Crippen LogP contribution in [0, 0.1) is 45.8 Å². The summed E-state index contributed by atoms with van der Waals surface area (Å²) in [5, 5.41) is 12.5. The van der Waals surface area contributed by atoms with E-state index in [-0.39, 0.29) is 16.4 Å². The van der Waals surface area contributed by atoms with E-state index >= 15 is 0 Å². The van der Waals surface area contributed by atoms with Gasteiger partial charge >= 0.3 is 0 Å². The number of hydrogen-bond donors (Lipinski definition) is 0. The van der Waals surface area contributed by atoms with Crippen LogP contribution in [0.1, 0.15) is 66.7 Å². The summed E-state index contributed by atoms with van der Waals surface area (Å²) in [4.78, 5) is 16.3. The highest BCUT2D eigenvalue weighted by Crippen LogP contribution is 2.61. The van der Waals surface area contributed by atoms with Crippen molar-refractivity contribution in [1.82, 2.24) is 4.90 Å². The van der Waals surface area contributed by atoms with Crippen LogP contribution in [0.2, 0.25) is 5.04 Å². The molecule has 2 aromatic carbocycles. The number of likely N-dealkylation sites (tertiary alicyclic amines) is 1. The summed E-state index contributed by atoms with van der Waals surface area (Å²) in [6.07, 6.45) is 5.43. The number of carbonyl (C=O) groups excluding carboxylic acids is 1. The van der Waals surface area contributed by atoms with Gasteiger partial charge in [0.1, 0.15) is 0 Å². The molecule has 1 heterocycles. The smallest absolute Gasteiger partial charge is 0.261 e. The van der Waals surface area contributed by atoms with Gasteiger partial charge in [-0.1, -0.05) is 95.3 Å². The minimum absolute atomic E-state index is 0.0881. The van der Waals surface area contributed by atoms with Gasteiger partial charge in [0, 0.05) is 25.1 Å². The van der Waals surface area contributed by atoms with Crippen molar-refractivity contribution in [1.29, 1.82) is 5.26 Å². The van der Waals surface area contributed by atoms with E-state index in [0.29, 0.717) is 36.3 Å². The van der Waals surface area contributed by atoms with Gasteiger partial charge in [0.2, 0.25) is 5.91 Å². The first-order valence-corrected chi connectivity index (χ1v) is 16.9. The lowest BCUT2D eigenvalue weighted by atomic mass is 9.48. The van der Waals surface area contributed by atoms with Gasteiger partial charge in [0.25, 0.3) is 8.32 Å². The van der Waals surface area contributed by atoms with Crippen molar-refractivity contribution in [2.75, 3.05) is 13.2 Å². The molecule has 4 bridgehead atoms. The highest BCUT2D eigenvalue weighted by atomic mass is 28.4. The molecule has 3 unspecified atom stereocenters. The summed E-state index contributed by atoms with van der Waals surface area (Å²) in [5.74, 6) is 2.06. The van der Waals surface area contributed by atoms with Crippen molar-refractivity contribution in [3.8, 4) is 6.07 Å². The summed E-state index contributed by atoms with van der Waals surface area (Å²) in [7, 11) is -2.67. The fourth-order valence-electron chi connectivity index (χ4n) is 9.24. The second-order valence-corrected chi connectivity index (χ2v) is 19.0. The molecule has 0 N–H and O–H groups in total. The van der Waals surface area contributed by atoms with Crippen molar-refractivity contribution in [2.24, 2.45) is 34.5 Å². The number of nitrogens with zero attached hydrogens (tertiary/aromatic N) is 2. The van der Waals surface area contributed by atoms with E-state index in [2.05, 4.69) is 106 Å². The van der Waals surface area contributed by atoms with Gasteiger partial charge in [-0.2, -0.15) is 5.26 Å². The number of benzene rings is 2. The molecule has 1 aliphatic heterocycles. The third-order valence-corrected chi connectivity index (χ3v) is 16.0. The zero-order chi connectivity index (χ0) is 27.6. The summed E-state index contributed by atoms with van der Waals surface area (Å²) in [6.45, 7) is 12.6. The first-order chi connectivity index (χ1) is 18.5. The average Bonchev–Trinajstić information content (AvgIpc) is 3.12. The molecule has 206 valence electrons. The maximum absolute atomic E-state index is 14.1. The van der Waals surface area contributed by atoms with E-state index in [1.807, 2.05) is 0 Å². The minimum Gasteiger partial charge on any atom is -0.407 e. The Morgan fingerprint density at radius 3 is 1.97 bits per heavy atom. The highest BCUT2D eigenvalue weighted by molar-refractivity contribution is 6.99. The lowest BCUT2D eigenvalue weighted by Crippen LogP contribution is -2.67. The van der Waals surface area contributed by atoms with Crippen LogP contribution in [0.15, 0.2) is 60.7 Å². The molecule has 1 amide bonds. The number of carbonyl (C=O) groups is 1. The highest BCUT2D eigenvalue weighted by Gasteiger charge is 2.61. The molecule has 5 heteroatoms. The lowest BCUT2D eigenvalue weighted by Gasteiger charge is -2.59. The number of nitriles is 1. The third kappa shape index (κ3) is 4.13. The van der Waals surface area contributed by atoms with E-state index in [1.165, 1.54) is 23.2 Å². The monoisotopic (exact) mass is 540 g/mol. The SMILES string of the molecule is CC1(C)C(=O)N(C2C3CC4CC2CC(C#N)(C4)C3)CC1CO[Si](c1ccccc1)(c1ccccc1)C(C)(C)C. The van der Waals surface area contributed by atoms with E-state index < -0.39 is 13.7 Å². The van der Waals surface area contributed by atoms with Crippen LogP contribution >= 0.6 is 0 Å². The molecule has 7 rings (SSSR count). The minimum atomic E-state index is -2.67. The van der Waals surface area contributed by atoms with Gasteiger partial charge in [-0.05, 0) is 65.3 Å². The van der Waals surface area contributed by atoms with Crippen molar-refractivity contribution >= 4 is 24.6 Å². The third-order valence-electron chi connectivity index (χ3n) is 11.0. The van der Waals surface area contributed by atoms with E-state index in [1.54, 1.807) is 0 Å². The number of hydrogen-bond acceptors (Lipinski definition) is 3. The molecule has 4 aliphatic carbocycles. The predicted molar refractivity (Wildman–Crippen MR) is 158 cm³/mol. The van der Waals surface area contributed by atoms with Crippen molar-refractivity contribution < 1.29 is 9.22 Å². The van der Waals surface area contributed by atoms with Crippen LogP contribution in [-0.4, -0.2) is 38.3 Å². The van der Waals surface area contributed by atoms with E-state index in [9.17, 15) is 10.1 Å². The average molecular weight is 541 g/mol. The Morgan fingerprint density at radius 2 is 1.49 bits per heavy atom. The lowest BCUT2D eigenvalue weighted by molar-refractivity contribution is -0.147. The zero-order valence-corrected chi connectivity index (χ0v) is 25.3. The summed E-state index contributed by atoms with van der Waals surface area (Å²) in [5.41, 5.74) is -0.593. The van der Waals surface area contributed by atoms with Gasteiger partial charge in [0.05, 0.1) is 16.9 Å². The molecule has 5 aliphatic rings. The Labute approximate surface area is 235 Å². The second-order valence-electron chi connectivity index (χ2n) is 14.7. The topological polar surface area (TPSA) is 53.3 Å². The standard InChI is InChI=1S/C34H44N2O2Si/c1-32(2,3)39(28-12-8-6-9-13-28,29-14-10-7-11-15-29)38-22-27-21-36(31(37)33(27,4)5)30-25-16-24-17-26(30)20-34(18-24,19-25)23-35/h6-15,24-27,30H,16-22H2,1-5H3. The largest absolute Gasteiger partial charge is 0.407 e.